The van der Waals surface area contributed by atoms with Gasteiger partial charge in [-0.2, -0.15) is 4.31 Å². The molecule has 0 atom stereocenters. The van der Waals surface area contributed by atoms with Crippen molar-refractivity contribution in [3.8, 4) is 5.75 Å². The molecule has 1 aromatic carbocycles. The number of nitrogens with one attached hydrogen (secondary N) is 1. The van der Waals surface area contributed by atoms with Crippen LogP contribution in [0.2, 0.25) is 0 Å². The van der Waals surface area contributed by atoms with Crippen LogP contribution in [0.1, 0.15) is 11.1 Å². The third kappa shape index (κ3) is 6.45. The monoisotopic (exact) mass is 377 g/mol. The molecule has 0 spiro atoms. The summed E-state index contributed by atoms with van der Waals surface area (Å²) < 4.78 is 30.1. The first-order chi connectivity index (χ1) is 12.4. The summed E-state index contributed by atoms with van der Waals surface area (Å²) in [6.45, 7) is 0.342. The van der Waals surface area contributed by atoms with Crippen LogP contribution in [0.5, 0.6) is 5.75 Å². The number of benzene rings is 1. The summed E-state index contributed by atoms with van der Waals surface area (Å²) in [4.78, 5) is 16.0. The number of carbonyl (C=O) groups excluding carboxylic acids is 1. The number of nitrogens with zero attached hydrogens (tertiary/aromatic N) is 2. The van der Waals surface area contributed by atoms with Gasteiger partial charge in [-0.3, -0.25) is 9.78 Å². The Morgan fingerprint density at radius 3 is 2.35 bits per heavy atom. The lowest BCUT2D eigenvalue weighted by molar-refractivity contribution is -0.121. The first-order valence-corrected chi connectivity index (χ1v) is 9.97. The van der Waals surface area contributed by atoms with E-state index in [0.717, 1.165) is 27.4 Å². The van der Waals surface area contributed by atoms with Gasteiger partial charge in [-0.05, 0) is 41.8 Å². The number of amides is 1. The highest BCUT2D eigenvalue weighted by molar-refractivity contribution is 7.88. The number of methoxy groups -OCH3 is 1. The second-order valence-electron chi connectivity index (χ2n) is 5.83. The van der Waals surface area contributed by atoms with Crippen molar-refractivity contribution in [2.45, 2.75) is 13.0 Å². The molecular formula is C18H23N3O4S. The van der Waals surface area contributed by atoms with Crippen molar-refractivity contribution in [1.82, 2.24) is 14.6 Å². The zero-order valence-electron chi connectivity index (χ0n) is 14.9. The summed E-state index contributed by atoms with van der Waals surface area (Å²) in [6.07, 6.45) is 4.92. The smallest absolute Gasteiger partial charge is 0.235 e. The second kappa shape index (κ2) is 9.30. The number of pyridine rings is 1. The third-order valence-corrected chi connectivity index (χ3v) is 4.99. The van der Waals surface area contributed by atoms with Crippen molar-refractivity contribution in [2.24, 2.45) is 0 Å². The molecule has 7 nitrogen and oxygen atoms in total. The number of ether oxygens (including phenoxy) is 1. The summed E-state index contributed by atoms with van der Waals surface area (Å²) >= 11 is 0. The minimum absolute atomic E-state index is 0.132. The molecule has 26 heavy (non-hydrogen) atoms. The van der Waals surface area contributed by atoms with Gasteiger partial charge in [-0.15, -0.1) is 0 Å². The molecule has 0 aliphatic carbocycles. The Balaban J connectivity index is 1.86. The quantitative estimate of drug-likeness (QED) is 0.710. The SMILES string of the molecule is COc1ccc(CCNC(=O)CN(Cc2ccncc2)S(C)(=O)=O)cc1. The van der Waals surface area contributed by atoms with Crippen LogP contribution in [-0.4, -0.2) is 50.1 Å². The van der Waals surface area contributed by atoms with Gasteiger partial charge in [0.15, 0.2) is 0 Å². The number of hydrogen-bond acceptors (Lipinski definition) is 5. The Hall–Kier alpha value is -2.45. The van der Waals surface area contributed by atoms with E-state index in [9.17, 15) is 13.2 Å². The fourth-order valence-corrected chi connectivity index (χ4v) is 3.07. The van der Waals surface area contributed by atoms with E-state index >= 15 is 0 Å². The molecule has 2 aromatic rings. The lowest BCUT2D eigenvalue weighted by atomic mass is 10.1. The van der Waals surface area contributed by atoms with Gasteiger partial charge < -0.3 is 10.1 Å². The van der Waals surface area contributed by atoms with E-state index < -0.39 is 10.0 Å². The molecule has 1 N–H and O–H groups in total. The van der Waals surface area contributed by atoms with E-state index in [2.05, 4.69) is 10.3 Å². The summed E-state index contributed by atoms with van der Waals surface area (Å²) in [5, 5.41) is 2.76. The minimum Gasteiger partial charge on any atom is -0.497 e. The molecule has 1 amide bonds. The average molecular weight is 377 g/mol. The summed E-state index contributed by atoms with van der Waals surface area (Å²) in [5.41, 5.74) is 1.83. The van der Waals surface area contributed by atoms with Crippen molar-refractivity contribution in [1.29, 1.82) is 0 Å². The van der Waals surface area contributed by atoms with Gasteiger partial charge in [-0.1, -0.05) is 12.1 Å². The lowest BCUT2D eigenvalue weighted by Crippen LogP contribution is -2.40. The summed E-state index contributed by atoms with van der Waals surface area (Å²) in [7, 11) is -1.90. The van der Waals surface area contributed by atoms with Crippen LogP contribution >= 0.6 is 0 Å². The highest BCUT2D eigenvalue weighted by atomic mass is 32.2. The molecule has 2 rings (SSSR count). The molecule has 0 aliphatic heterocycles. The maximum Gasteiger partial charge on any atom is 0.235 e. The Bertz CT molecular complexity index is 808. The van der Waals surface area contributed by atoms with Gasteiger partial charge in [0.1, 0.15) is 5.75 Å². The summed E-state index contributed by atoms with van der Waals surface area (Å²) in [6, 6.07) is 11.0. The molecule has 0 radical (unpaired) electrons. The number of hydrogen-bond donors (Lipinski definition) is 1. The molecule has 0 aliphatic rings. The van der Waals surface area contributed by atoms with Crippen LogP contribution in [0, 0.1) is 0 Å². The highest BCUT2D eigenvalue weighted by Gasteiger charge is 2.20. The van der Waals surface area contributed by atoms with Crippen molar-refractivity contribution >= 4 is 15.9 Å². The Labute approximate surface area is 154 Å². The van der Waals surface area contributed by atoms with Gasteiger partial charge in [0, 0.05) is 25.5 Å². The molecule has 8 heteroatoms. The minimum atomic E-state index is -3.50. The molecule has 140 valence electrons. The van der Waals surface area contributed by atoms with E-state index in [1.165, 1.54) is 0 Å². The fraction of sp³-hybridized carbons (Fsp3) is 0.333. The normalized spacial score (nSPS) is 11.3. The second-order valence-corrected chi connectivity index (χ2v) is 7.82. The van der Waals surface area contributed by atoms with E-state index in [4.69, 9.17) is 4.74 Å². The fourth-order valence-electron chi connectivity index (χ4n) is 2.34. The first-order valence-electron chi connectivity index (χ1n) is 8.12. The molecule has 1 heterocycles. The average Bonchev–Trinajstić information content (AvgIpc) is 2.62. The topological polar surface area (TPSA) is 88.6 Å². The maximum absolute atomic E-state index is 12.1. The predicted molar refractivity (Wildman–Crippen MR) is 99.2 cm³/mol. The largest absolute Gasteiger partial charge is 0.497 e. The van der Waals surface area contributed by atoms with Gasteiger partial charge in [-0.25, -0.2) is 8.42 Å². The molecular weight excluding hydrogens is 354 g/mol. The lowest BCUT2D eigenvalue weighted by Gasteiger charge is -2.19. The van der Waals surface area contributed by atoms with Crippen LogP contribution in [0.25, 0.3) is 0 Å². The van der Waals surface area contributed by atoms with Crippen molar-refractivity contribution in [2.75, 3.05) is 26.5 Å². The summed E-state index contributed by atoms with van der Waals surface area (Å²) in [5.74, 6) is 0.440. The standard InChI is InChI=1S/C18H23N3O4S/c1-25-17-5-3-15(4-6-17)9-12-20-18(22)14-21(26(2,23)24)13-16-7-10-19-11-8-16/h3-8,10-11H,9,12-14H2,1-2H3,(H,20,22). The van der Waals surface area contributed by atoms with Crippen molar-refractivity contribution in [3.63, 3.8) is 0 Å². The van der Waals surface area contributed by atoms with Crippen LogP contribution in [-0.2, 0) is 27.8 Å². The molecule has 1 aromatic heterocycles. The predicted octanol–water partition coefficient (Wildman–Crippen LogP) is 1.21. The van der Waals surface area contributed by atoms with Crippen LogP contribution in [0.3, 0.4) is 0 Å². The highest BCUT2D eigenvalue weighted by Crippen LogP contribution is 2.11. The Morgan fingerprint density at radius 2 is 1.77 bits per heavy atom. The number of carbonyl (C=O) groups is 1. The molecule has 0 fully saturated rings. The van der Waals surface area contributed by atoms with Crippen LogP contribution < -0.4 is 10.1 Å². The van der Waals surface area contributed by atoms with Crippen LogP contribution in [0.4, 0.5) is 0 Å². The molecule has 0 unspecified atom stereocenters. The Kier molecular flexibility index (Phi) is 7.11. The molecule has 0 saturated heterocycles. The maximum atomic E-state index is 12.1. The molecule has 0 saturated carbocycles. The van der Waals surface area contributed by atoms with Crippen molar-refractivity contribution in [3.05, 3.63) is 59.9 Å². The van der Waals surface area contributed by atoms with Crippen molar-refractivity contribution < 1.29 is 17.9 Å². The van der Waals surface area contributed by atoms with E-state index in [1.54, 1.807) is 31.6 Å². The van der Waals surface area contributed by atoms with E-state index in [-0.39, 0.29) is 19.0 Å². The van der Waals surface area contributed by atoms with Gasteiger partial charge in [0.25, 0.3) is 0 Å². The van der Waals surface area contributed by atoms with Gasteiger partial charge in [0.2, 0.25) is 15.9 Å². The van der Waals surface area contributed by atoms with Crippen LogP contribution in [0.15, 0.2) is 48.8 Å². The number of sulfonamides is 1. The van der Waals surface area contributed by atoms with E-state index in [1.807, 2.05) is 24.3 Å². The molecule has 0 bridgehead atoms. The zero-order valence-corrected chi connectivity index (χ0v) is 15.7. The number of aromatic nitrogens is 1. The third-order valence-electron chi connectivity index (χ3n) is 3.79. The Morgan fingerprint density at radius 1 is 1.12 bits per heavy atom. The first kappa shape index (κ1) is 19.9. The van der Waals surface area contributed by atoms with Gasteiger partial charge in [0.05, 0.1) is 19.9 Å². The van der Waals surface area contributed by atoms with E-state index in [0.29, 0.717) is 13.0 Å². The van der Waals surface area contributed by atoms with Gasteiger partial charge >= 0.3 is 0 Å². The zero-order chi connectivity index (χ0) is 19.0. The number of rotatable bonds is 9.